The summed E-state index contributed by atoms with van der Waals surface area (Å²) in [6, 6.07) is 5.15. The zero-order valence-electron chi connectivity index (χ0n) is 6.68. The number of rotatable bonds is 3. The number of carbonyl (C=O) groups excluding carboxylic acids is 1. The molecule has 1 rings (SSSR count). The fourth-order valence-electron chi connectivity index (χ4n) is 0.707. The molecule has 0 aliphatic carbocycles. The molecule has 0 atom stereocenters. The molecule has 0 fully saturated rings. The molecule has 4 nitrogen and oxygen atoms in total. The van der Waals surface area contributed by atoms with Gasteiger partial charge in [-0.2, -0.15) is 0 Å². The molecule has 0 radical (unpaired) electrons. The number of nitrogens with zero attached hydrogens (tertiary/aromatic N) is 1. The average Bonchev–Trinajstić information content (AvgIpc) is 2.15. The summed E-state index contributed by atoms with van der Waals surface area (Å²) in [4.78, 5) is 24.6. The molecule has 13 heavy (non-hydrogen) atoms. The van der Waals surface area contributed by atoms with Gasteiger partial charge in [-0.15, -0.1) is 0 Å². The van der Waals surface area contributed by atoms with Crippen LogP contribution in [0.4, 0.5) is 0 Å². The van der Waals surface area contributed by atoms with E-state index in [0.717, 1.165) is 6.08 Å². The second kappa shape index (κ2) is 4.15. The van der Waals surface area contributed by atoms with Crippen molar-refractivity contribution >= 4 is 17.8 Å². The van der Waals surface area contributed by atoms with Crippen molar-refractivity contribution in [3.8, 4) is 0 Å². The molecule has 0 saturated heterocycles. The van der Waals surface area contributed by atoms with Gasteiger partial charge in [0.05, 0.1) is 5.69 Å². The molecular formula is C9H7NO3. The topological polar surface area (TPSA) is 67.3 Å². The molecule has 4 heteroatoms. The molecule has 1 heterocycles. The second-order valence-electron chi connectivity index (χ2n) is 2.26. The van der Waals surface area contributed by atoms with E-state index in [1.807, 2.05) is 0 Å². The van der Waals surface area contributed by atoms with Crippen LogP contribution in [-0.2, 0) is 9.59 Å². The van der Waals surface area contributed by atoms with Crippen LogP contribution in [0.5, 0.6) is 0 Å². The third-order valence-corrected chi connectivity index (χ3v) is 1.30. The number of aliphatic carboxylic acids is 1. The number of carbonyl (C=O) groups is 2. The summed E-state index contributed by atoms with van der Waals surface area (Å²) in [7, 11) is 0. The van der Waals surface area contributed by atoms with Crippen LogP contribution < -0.4 is 0 Å². The van der Waals surface area contributed by atoms with Gasteiger partial charge in [-0.05, 0) is 24.3 Å². The number of aromatic nitrogens is 1. The summed E-state index contributed by atoms with van der Waals surface area (Å²) >= 11 is 0. The first kappa shape index (κ1) is 9.12. The normalized spacial score (nSPS) is 10.2. The minimum atomic E-state index is -1.47. The lowest BCUT2D eigenvalue weighted by Gasteiger charge is -1.88. The summed E-state index contributed by atoms with van der Waals surface area (Å²) < 4.78 is 0. The number of hydrogen-bond donors (Lipinski definition) is 1. The summed E-state index contributed by atoms with van der Waals surface area (Å²) in [6.45, 7) is 0. The highest BCUT2D eigenvalue weighted by Gasteiger charge is 2.05. The van der Waals surface area contributed by atoms with Gasteiger partial charge in [-0.3, -0.25) is 9.78 Å². The van der Waals surface area contributed by atoms with Crippen molar-refractivity contribution in [3.63, 3.8) is 0 Å². The molecule has 0 amide bonds. The Kier molecular flexibility index (Phi) is 2.92. The molecule has 0 aliphatic heterocycles. The van der Waals surface area contributed by atoms with E-state index in [1.165, 1.54) is 6.08 Å². The van der Waals surface area contributed by atoms with Gasteiger partial charge >= 0.3 is 5.97 Å². The molecule has 0 bridgehead atoms. The van der Waals surface area contributed by atoms with E-state index in [-0.39, 0.29) is 0 Å². The van der Waals surface area contributed by atoms with Gasteiger partial charge in [0, 0.05) is 6.20 Å². The summed E-state index contributed by atoms with van der Waals surface area (Å²) in [6.07, 6.45) is 3.89. The average molecular weight is 177 g/mol. The lowest BCUT2D eigenvalue weighted by Crippen LogP contribution is -2.08. The first-order chi connectivity index (χ1) is 6.20. The van der Waals surface area contributed by atoms with E-state index in [4.69, 9.17) is 5.11 Å². The molecule has 1 N–H and O–H groups in total. The molecule has 0 spiro atoms. The number of ketones is 1. The molecule has 0 unspecified atom stereocenters. The maximum absolute atomic E-state index is 10.6. The Morgan fingerprint density at radius 2 is 2.15 bits per heavy atom. The Hall–Kier alpha value is -1.97. The van der Waals surface area contributed by atoms with Crippen molar-refractivity contribution in [2.75, 3.05) is 0 Å². The third-order valence-electron chi connectivity index (χ3n) is 1.30. The first-order valence-corrected chi connectivity index (χ1v) is 3.56. The highest BCUT2D eigenvalue weighted by atomic mass is 16.4. The Bertz CT molecular complexity index is 343. The van der Waals surface area contributed by atoms with E-state index in [0.29, 0.717) is 5.69 Å². The van der Waals surface area contributed by atoms with Crippen LogP contribution in [0.25, 0.3) is 6.08 Å². The van der Waals surface area contributed by atoms with Crippen molar-refractivity contribution < 1.29 is 14.7 Å². The highest BCUT2D eigenvalue weighted by molar-refractivity contribution is 6.38. The van der Waals surface area contributed by atoms with Crippen molar-refractivity contribution in [2.24, 2.45) is 0 Å². The monoisotopic (exact) mass is 177 g/mol. The van der Waals surface area contributed by atoms with Crippen LogP contribution in [0, 0.1) is 0 Å². The van der Waals surface area contributed by atoms with Gasteiger partial charge in [0.15, 0.2) is 0 Å². The first-order valence-electron chi connectivity index (χ1n) is 3.56. The van der Waals surface area contributed by atoms with Crippen molar-refractivity contribution in [3.05, 3.63) is 36.2 Å². The maximum atomic E-state index is 10.6. The molecular weight excluding hydrogens is 170 g/mol. The van der Waals surface area contributed by atoms with Crippen molar-refractivity contribution in [1.82, 2.24) is 4.98 Å². The highest BCUT2D eigenvalue weighted by Crippen LogP contribution is 1.95. The van der Waals surface area contributed by atoms with Crippen LogP contribution in [0.2, 0.25) is 0 Å². The zero-order chi connectivity index (χ0) is 9.68. The van der Waals surface area contributed by atoms with E-state index >= 15 is 0 Å². The minimum absolute atomic E-state index is 0.553. The maximum Gasteiger partial charge on any atom is 0.376 e. The van der Waals surface area contributed by atoms with Gasteiger partial charge in [-0.25, -0.2) is 4.79 Å². The fourth-order valence-corrected chi connectivity index (χ4v) is 0.707. The van der Waals surface area contributed by atoms with Gasteiger partial charge in [0.1, 0.15) is 0 Å². The third kappa shape index (κ3) is 2.86. The summed E-state index contributed by atoms with van der Waals surface area (Å²) in [5, 5.41) is 8.24. The van der Waals surface area contributed by atoms with Crippen molar-refractivity contribution in [1.29, 1.82) is 0 Å². The van der Waals surface area contributed by atoms with E-state index in [9.17, 15) is 9.59 Å². The van der Waals surface area contributed by atoms with Gasteiger partial charge in [-0.1, -0.05) is 6.07 Å². The molecule has 1 aromatic rings. The SMILES string of the molecule is O=C(O)C(=O)/C=C/c1ccccn1. The van der Waals surface area contributed by atoms with Gasteiger partial charge in [0.25, 0.3) is 5.78 Å². The quantitative estimate of drug-likeness (QED) is 0.546. The van der Waals surface area contributed by atoms with Gasteiger partial charge < -0.3 is 5.11 Å². The molecule has 0 saturated carbocycles. The second-order valence-corrected chi connectivity index (χ2v) is 2.26. The standard InChI is InChI=1S/C9H7NO3/c11-8(9(12)13)5-4-7-3-1-2-6-10-7/h1-6H,(H,12,13)/b5-4+. The number of pyridine rings is 1. The Balaban J connectivity index is 2.70. The lowest BCUT2D eigenvalue weighted by molar-refractivity contribution is -0.146. The smallest absolute Gasteiger partial charge is 0.376 e. The summed E-state index contributed by atoms with van der Waals surface area (Å²) in [5.74, 6) is -2.42. The number of carboxylic acids is 1. The molecule has 0 aliphatic rings. The van der Waals surface area contributed by atoms with E-state index in [1.54, 1.807) is 24.4 Å². The van der Waals surface area contributed by atoms with Crippen LogP contribution in [0.3, 0.4) is 0 Å². The Labute approximate surface area is 74.5 Å². The molecule has 66 valence electrons. The van der Waals surface area contributed by atoms with Gasteiger partial charge in [0.2, 0.25) is 0 Å². The zero-order valence-corrected chi connectivity index (χ0v) is 6.68. The van der Waals surface area contributed by atoms with E-state index < -0.39 is 11.8 Å². The van der Waals surface area contributed by atoms with Crippen LogP contribution in [0.15, 0.2) is 30.5 Å². The number of hydrogen-bond acceptors (Lipinski definition) is 3. The summed E-state index contributed by atoms with van der Waals surface area (Å²) in [5.41, 5.74) is 0.553. The Morgan fingerprint density at radius 3 is 2.69 bits per heavy atom. The predicted octanol–water partition coefficient (Wildman–Crippen LogP) is 0.748. The van der Waals surface area contributed by atoms with Crippen LogP contribution in [-0.4, -0.2) is 21.8 Å². The molecule has 0 aromatic carbocycles. The lowest BCUT2D eigenvalue weighted by atomic mass is 10.3. The molecule has 1 aromatic heterocycles. The largest absolute Gasteiger partial charge is 0.475 e. The predicted molar refractivity (Wildman–Crippen MR) is 45.9 cm³/mol. The fraction of sp³-hybridized carbons (Fsp3) is 0. The van der Waals surface area contributed by atoms with Crippen molar-refractivity contribution in [2.45, 2.75) is 0 Å². The Morgan fingerprint density at radius 1 is 1.38 bits per heavy atom. The number of carboxylic acid groups (broad SMARTS) is 1. The van der Waals surface area contributed by atoms with Crippen LogP contribution in [0.1, 0.15) is 5.69 Å². The van der Waals surface area contributed by atoms with E-state index in [2.05, 4.69) is 4.98 Å². The minimum Gasteiger partial charge on any atom is -0.475 e. The van der Waals surface area contributed by atoms with Crippen LogP contribution >= 0.6 is 0 Å².